The van der Waals surface area contributed by atoms with Crippen molar-refractivity contribution >= 4 is 45.0 Å². The summed E-state index contributed by atoms with van der Waals surface area (Å²) in [5.74, 6) is 0.660. The number of nitrogens with one attached hydrogen (secondary N) is 3. The highest BCUT2D eigenvalue weighted by molar-refractivity contribution is 7.19. The summed E-state index contributed by atoms with van der Waals surface area (Å²) in [4.78, 5) is 18.9. The second-order valence-corrected chi connectivity index (χ2v) is 10.9. The van der Waals surface area contributed by atoms with Crippen LogP contribution in [0.4, 0.5) is 0 Å². The molecule has 0 spiro atoms. The second-order valence-electron chi connectivity index (χ2n) is 9.23. The lowest BCUT2D eigenvalue weighted by molar-refractivity contribution is 0.691. The maximum Gasteiger partial charge on any atom is 0.161 e. The van der Waals surface area contributed by atoms with Crippen LogP contribution in [0.15, 0.2) is 91.3 Å². The Morgan fingerprint density at radius 3 is 2.56 bits per heavy atom. The molecule has 0 amide bonds. The summed E-state index contributed by atoms with van der Waals surface area (Å²) in [7, 11) is 0. The normalized spacial score (nSPS) is 11.5. The maximum atomic E-state index is 6.20. The number of fused-ring (bicyclic) bond motifs is 2. The number of pyridine rings is 2. The molecule has 7 nitrogen and oxygen atoms in total. The average Bonchev–Trinajstić information content (AvgIpc) is 3.71. The van der Waals surface area contributed by atoms with E-state index in [2.05, 4.69) is 61.9 Å². The van der Waals surface area contributed by atoms with Gasteiger partial charge in [-0.1, -0.05) is 54.1 Å². The zero-order valence-electron chi connectivity index (χ0n) is 20.6. The van der Waals surface area contributed by atoms with Crippen molar-refractivity contribution in [2.75, 3.05) is 0 Å². The average molecular weight is 548 g/mol. The van der Waals surface area contributed by atoms with Crippen LogP contribution in [-0.2, 0) is 13.1 Å². The van der Waals surface area contributed by atoms with Crippen molar-refractivity contribution in [1.82, 2.24) is 35.5 Å². The van der Waals surface area contributed by atoms with Gasteiger partial charge in [0.25, 0.3) is 0 Å². The van der Waals surface area contributed by atoms with Gasteiger partial charge in [0.15, 0.2) is 11.5 Å². The third-order valence-electron chi connectivity index (χ3n) is 6.58. The summed E-state index contributed by atoms with van der Waals surface area (Å²) < 4.78 is 0.748. The summed E-state index contributed by atoms with van der Waals surface area (Å²) in [6.07, 6.45) is 3.73. The van der Waals surface area contributed by atoms with E-state index < -0.39 is 0 Å². The monoisotopic (exact) mass is 547 g/mol. The van der Waals surface area contributed by atoms with Crippen molar-refractivity contribution in [3.8, 4) is 33.2 Å². The van der Waals surface area contributed by atoms with Crippen LogP contribution in [0.5, 0.6) is 0 Å². The van der Waals surface area contributed by atoms with Gasteiger partial charge in [0.1, 0.15) is 5.52 Å². The molecular weight excluding hydrogens is 526 g/mol. The minimum absolute atomic E-state index is 0.660. The summed E-state index contributed by atoms with van der Waals surface area (Å²) >= 11 is 7.73. The molecule has 0 aliphatic rings. The fraction of sp³-hybridized carbons (Fsp3) is 0.0667. The molecule has 2 aromatic carbocycles. The van der Waals surface area contributed by atoms with Gasteiger partial charge >= 0.3 is 0 Å². The Kier molecular flexibility index (Phi) is 6.13. The molecule has 3 N–H and O–H groups in total. The molecule has 5 aromatic heterocycles. The number of benzene rings is 2. The number of aromatic nitrogens is 6. The Morgan fingerprint density at radius 2 is 1.69 bits per heavy atom. The van der Waals surface area contributed by atoms with Crippen LogP contribution < -0.4 is 5.32 Å². The predicted octanol–water partition coefficient (Wildman–Crippen LogP) is 7.23. The largest absolute Gasteiger partial charge is 0.336 e. The first-order valence-corrected chi connectivity index (χ1v) is 13.7. The van der Waals surface area contributed by atoms with Gasteiger partial charge in [-0.3, -0.25) is 10.1 Å². The molecule has 0 unspecified atom stereocenters. The van der Waals surface area contributed by atoms with E-state index in [0.29, 0.717) is 18.1 Å². The van der Waals surface area contributed by atoms with E-state index in [1.165, 1.54) is 16.9 Å². The lowest BCUT2D eigenvalue weighted by atomic mass is 10.1. The number of aromatic amines is 2. The molecule has 39 heavy (non-hydrogen) atoms. The fourth-order valence-corrected chi connectivity index (χ4v) is 5.77. The lowest BCUT2D eigenvalue weighted by Gasteiger charge is -2.07. The Hall–Kier alpha value is -4.37. The summed E-state index contributed by atoms with van der Waals surface area (Å²) in [6, 6.07) is 26.5. The number of halogens is 1. The number of rotatable bonds is 7. The first-order chi connectivity index (χ1) is 19.2. The first kappa shape index (κ1) is 23.7. The zero-order valence-corrected chi connectivity index (χ0v) is 22.2. The van der Waals surface area contributed by atoms with Crippen LogP contribution in [0.25, 0.3) is 55.3 Å². The molecule has 7 rings (SSSR count). The van der Waals surface area contributed by atoms with Crippen LogP contribution >= 0.6 is 22.9 Å². The smallest absolute Gasteiger partial charge is 0.161 e. The van der Waals surface area contributed by atoms with Crippen molar-refractivity contribution < 1.29 is 0 Å². The van der Waals surface area contributed by atoms with Crippen LogP contribution in [-0.4, -0.2) is 30.1 Å². The number of imidazole rings is 1. The Bertz CT molecular complexity index is 1920. The molecule has 0 aliphatic heterocycles. The van der Waals surface area contributed by atoms with E-state index in [4.69, 9.17) is 21.6 Å². The van der Waals surface area contributed by atoms with E-state index in [0.717, 1.165) is 60.2 Å². The molecule has 0 radical (unpaired) electrons. The zero-order chi connectivity index (χ0) is 26.2. The highest BCUT2D eigenvalue weighted by atomic mass is 35.5. The Morgan fingerprint density at radius 1 is 0.795 bits per heavy atom. The van der Waals surface area contributed by atoms with Crippen molar-refractivity contribution in [2.45, 2.75) is 13.1 Å². The summed E-state index contributed by atoms with van der Waals surface area (Å²) in [5.41, 5.74) is 9.22. The van der Waals surface area contributed by atoms with Crippen LogP contribution in [0.2, 0.25) is 4.34 Å². The van der Waals surface area contributed by atoms with Crippen molar-refractivity contribution in [2.24, 2.45) is 0 Å². The molecule has 0 saturated carbocycles. The quantitative estimate of drug-likeness (QED) is 0.195. The summed E-state index contributed by atoms with van der Waals surface area (Å²) in [6.45, 7) is 1.51. The third-order valence-corrected chi connectivity index (χ3v) is 7.84. The molecule has 7 aromatic rings. The van der Waals surface area contributed by atoms with Gasteiger partial charge in [-0.05, 0) is 47.5 Å². The SMILES string of the molecule is Clc1ccc(-c2cccc3[nH]c(-c4n[nH]c5ccc(-c6cncc(CNCc7ccccc7)c6)nc45)nc23)s1. The van der Waals surface area contributed by atoms with Gasteiger partial charge in [-0.25, -0.2) is 9.97 Å². The van der Waals surface area contributed by atoms with E-state index in [1.54, 1.807) is 0 Å². The molecule has 0 atom stereocenters. The Labute approximate surface area is 233 Å². The number of hydrogen-bond acceptors (Lipinski definition) is 6. The van der Waals surface area contributed by atoms with E-state index in [1.807, 2.05) is 54.9 Å². The van der Waals surface area contributed by atoms with Crippen molar-refractivity contribution in [3.63, 3.8) is 0 Å². The highest BCUT2D eigenvalue weighted by Gasteiger charge is 2.17. The van der Waals surface area contributed by atoms with Gasteiger partial charge in [0.05, 0.1) is 26.6 Å². The predicted molar refractivity (Wildman–Crippen MR) is 158 cm³/mol. The molecule has 190 valence electrons. The highest BCUT2D eigenvalue weighted by Crippen LogP contribution is 2.36. The van der Waals surface area contributed by atoms with Crippen molar-refractivity contribution in [1.29, 1.82) is 0 Å². The molecule has 0 bridgehead atoms. The molecule has 0 aliphatic carbocycles. The first-order valence-electron chi connectivity index (χ1n) is 12.5. The van der Waals surface area contributed by atoms with Gasteiger partial charge < -0.3 is 10.3 Å². The third kappa shape index (κ3) is 4.70. The second kappa shape index (κ2) is 10.1. The molecule has 5 heterocycles. The number of H-pyrrole nitrogens is 2. The van der Waals surface area contributed by atoms with Gasteiger partial charge in [0.2, 0.25) is 0 Å². The van der Waals surface area contributed by atoms with Gasteiger partial charge in [-0.2, -0.15) is 5.10 Å². The number of para-hydroxylation sites is 1. The van der Waals surface area contributed by atoms with Crippen LogP contribution in [0.1, 0.15) is 11.1 Å². The summed E-state index contributed by atoms with van der Waals surface area (Å²) in [5, 5.41) is 11.2. The molecule has 0 fully saturated rings. The van der Waals surface area contributed by atoms with Crippen LogP contribution in [0.3, 0.4) is 0 Å². The maximum absolute atomic E-state index is 6.20. The number of nitrogens with zero attached hydrogens (tertiary/aromatic N) is 4. The topological polar surface area (TPSA) is 95.2 Å². The van der Waals surface area contributed by atoms with Gasteiger partial charge in [0, 0.05) is 41.5 Å². The number of hydrogen-bond donors (Lipinski definition) is 3. The fourth-order valence-electron chi connectivity index (χ4n) is 4.70. The van der Waals surface area contributed by atoms with E-state index in [-0.39, 0.29) is 0 Å². The lowest BCUT2D eigenvalue weighted by Crippen LogP contribution is -2.12. The van der Waals surface area contributed by atoms with E-state index >= 15 is 0 Å². The van der Waals surface area contributed by atoms with Gasteiger partial charge in [-0.15, -0.1) is 11.3 Å². The van der Waals surface area contributed by atoms with Crippen LogP contribution in [0, 0.1) is 0 Å². The minimum Gasteiger partial charge on any atom is -0.336 e. The standard InChI is InChI=1S/C30H22ClN7S/c31-26-12-11-25(39-26)21-7-4-8-23-27(21)36-30(35-23)29-28-24(37-38-29)10-9-22(34-28)20-13-19(16-33-17-20)15-32-14-18-5-2-1-3-6-18/h1-13,16-17,32H,14-15H2,(H,35,36)(H,37,38). The molecule has 0 saturated heterocycles. The molecule has 9 heteroatoms. The van der Waals surface area contributed by atoms with Crippen molar-refractivity contribution in [3.05, 3.63) is 107 Å². The Balaban J connectivity index is 1.20. The molecular formula is C30H22ClN7S. The minimum atomic E-state index is 0.660. The number of thiophene rings is 1. The van der Waals surface area contributed by atoms with E-state index in [9.17, 15) is 0 Å².